The second-order valence-electron chi connectivity index (χ2n) is 3.17. The molecule has 0 amide bonds. The molecule has 9 heteroatoms. The molecule has 0 aliphatic rings. The number of hydrogen-bond donors (Lipinski definition) is 1. The van der Waals surface area contributed by atoms with E-state index in [1.165, 1.54) is 14.0 Å². The summed E-state index contributed by atoms with van der Waals surface area (Å²) in [7, 11) is 1.17. The number of nitrogens with one attached hydrogen (secondary N) is 1. The van der Waals surface area contributed by atoms with Crippen LogP contribution in [0.4, 0.5) is 13.2 Å². The second-order valence-corrected chi connectivity index (χ2v) is 3.17. The lowest BCUT2D eigenvalue weighted by Gasteiger charge is -2.12. The van der Waals surface area contributed by atoms with Gasteiger partial charge in [0.05, 0.1) is 13.7 Å². The largest absolute Gasteiger partial charge is 0.573 e. The van der Waals surface area contributed by atoms with E-state index in [0.717, 1.165) is 6.07 Å². The Morgan fingerprint density at radius 2 is 2.05 bits per heavy atom. The van der Waals surface area contributed by atoms with Crippen molar-refractivity contribution in [2.45, 2.75) is 13.3 Å². The number of carbonyl (C=O) groups excluding carboxylic acids is 1. The third kappa shape index (κ3) is 3.90. The summed E-state index contributed by atoms with van der Waals surface area (Å²) in [6.45, 7) is 1.38. The zero-order valence-electron chi connectivity index (χ0n) is 9.96. The maximum Gasteiger partial charge on any atom is 0.573 e. The molecule has 1 heterocycles. The number of halogens is 3. The molecule has 0 unspecified atom stereocenters. The normalized spacial score (nSPS) is 11.0. The lowest BCUT2D eigenvalue weighted by atomic mass is 10.3. The van der Waals surface area contributed by atoms with E-state index >= 15 is 0 Å². The number of carbonyl (C=O) groups is 1. The molecule has 0 fully saturated rings. The number of rotatable bonds is 4. The van der Waals surface area contributed by atoms with Crippen LogP contribution in [-0.4, -0.2) is 31.0 Å². The van der Waals surface area contributed by atoms with Gasteiger partial charge >= 0.3 is 12.3 Å². The Morgan fingerprint density at radius 3 is 2.53 bits per heavy atom. The van der Waals surface area contributed by atoms with Gasteiger partial charge in [-0.05, 0) is 6.92 Å². The Labute approximate surface area is 105 Å². The summed E-state index contributed by atoms with van der Waals surface area (Å²) >= 11 is 0. The average Bonchev–Trinajstić information content (AvgIpc) is 2.30. The number of pyridine rings is 1. The van der Waals surface area contributed by atoms with Crippen molar-refractivity contribution in [3.63, 3.8) is 0 Å². The number of esters is 1. The summed E-state index contributed by atoms with van der Waals surface area (Å²) < 4.78 is 49.2. The molecule has 0 bridgehead atoms. The van der Waals surface area contributed by atoms with Crippen LogP contribution in [0.2, 0.25) is 0 Å². The molecule has 0 saturated heterocycles. The Hall–Kier alpha value is -2.19. The van der Waals surface area contributed by atoms with Crippen LogP contribution >= 0.6 is 0 Å². The molecule has 1 N–H and O–H groups in total. The van der Waals surface area contributed by atoms with Crippen molar-refractivity contribution in [1.82, 2.24) is 4.98 Å². The minimum absolute atomic E-state index is 0.0798. The summed E-state index contributed by atoms with van der Waals surface area (Å²) in [5, 5.41) is 0. The lowest BCUT2D eigenvalue weighted by Crippen LogP contribution is -2.25. The van der Waals surface area contributed by atoms with Gasteiger partial charge < -0.3 is 19.2 Å². The first kappa shape index (κ1) is 14.9. The smallest absolute Gasteiger partial charge is 0.482 e. The Balaban J connectivity index is 3.34. The van der Waals surface area contributed by atoms with E-state index in [1.807, 2.05) is 0 Å². The average molecular weight is 281 g/mol. The van der Waals surface area contributed by atoms with Crippen LogP contribution in [0.25, 0.3) is 0 Å². The van der Waals surface area contributed by atoms with E-state index < -0.39 is 29.2 Å². The Morgan fingerprint density at radius 1 is 1.42 bits per heavy atom. The SMILES string of the molecule is CCOC(=O)c1[nH]c(OC)cc(=O)c1OC(F)(F)F. The highest BCUT2D eigenvalue weighted by atomic mass is 19.4. The van der Waals surface area contributed by atoms with E-state index in [4.69, 9.17) is 0 Å². The zero-order valence-corrected chi connectivity index (χ0v) is 9.96. The molecule has 6 nitrogen and oxygen atoms in total. The maximum absolute atomic E-state index is 12.2. The van der Waals surface area contributed by atoms with Crippen LogP contribution in [0.3, 0.4) is 0 Å². The highest BCUT2D eigenvalue weighted by molar-refractivity contribution is 5.90. The van der Waals surface area contributed by atoms with Crippen molar-refractivity contribution in [2.24, 2.45) is 0 Å². The number of ether oxygens (including phenoxy) is 3. The molecule has 1 rings (SSSR count). The fourth-order valence-corrected chi connectivity index (χ4v) is 1.20. The minimum atomic E-state index is -5.11. The van der Waals surface area contributed by atoms with Gasteiger partial charge in [0.2, 0.25) is 11.2 Å². The molecule has 19 heavy (non-hydrogen) atoms. The molecule has 0 aromatic carbocycles. The number of aromatic amines is 1. The van der Waals surface area contributed by atoms with E-state index in [-0.39, 0.29) is 12.5 Å². The second kappa shape index (κ2) is 5.63. The molecular weight excluding hydrogens is 271 g/mol. The van der Waals surface area contributed by atoms with Crippen molar-refractivity contribution in [1.29, 1.82) is 0 Å². The van der Waals surface area contributed by atoms with Crippen LogP contribution < -0.4 is 14.9 Å². The van der Waals surface area contributed by atoms with E-state index in [1.54, 1.807) is 0 Å². The van der Waals surface area contributed by atoms with Gasteiger partial charge in [-0.15, -0.1) is 13.2 Å². The van der Waals surface area contributed by atoms with Gasteiger partial charge in [-0.2, -0.15) is 0 Å². The van der Waals surface area contributed by atoms with Crippen LogP contribution in [0.15, 0.2) is 10.9 Å². The highest BCUT2D eigenvalue weighted by Crippen LogP contribution is 2.24. The number of alkyl halides is 3. The predicted octanol–water partition coefficient (Wildman–Crippen LogP) is 1.46. The van der Waals surface area contributed by atoms with Crippen LogP contribution in [0.1, 0.15) is 17.4 Å². The first-order chi connectivity index (χ1) is 8.78. The fourth-order valence-electron chi connectivity index (χ4n) is 1.20. The van der Waals surface area contributed by atoms with Gasteiger partial charge in [0.25, 0.3) is 0 Å². The van der Waals surface area contributed by atoms with Crippen molar-refractivity contribution < 1.29 is 32.2 Å². The van der Waals surface area contributed by atoms with Crippen molar-refractivity contribution in [3.8, 4) is 11.6 Å². The topological polar surface area (TPSA) is 77.6 Å². The molecule has 0 aliphatic carbocycles. The predicted molar refractivity (Wildman–Crippen MR) is 56.3 cm³/mol. The quantitative estimate of drug-likeness (QED) is 0.845. The minimum Gasteiger partial charge on any atom is -0.482 e. The first-order valence-electron chi connectivity index (χ1n) is 5.02. The number of methoxy groups -OCH3 is 1. The third-order valence-corrected chi connectivity index (χ3v) is 1.88. The summed E-state index contributed by atoms with van der Waals surface area (Å²) in [6, 6.07) is 0.726. The number of aromatic nitrogens is 1. The van der Waals surface area contributed by atoms with Gasteiger partial charge in [-0.25, -0.2) is 4.79 Å². The Bertz CT molecular complexity index is 523. The molecule has 1 aromatic heterocycles. The molecule has 0 atom stereocenters. The van der Waals surface area contributed by atoms with Gasteiger partial charge in [0.1, 0.15) is 0 Å². The fraction of sp³-hybridized carbons (Fsp3) is 0.400. The van der Waals surface area contributed by atoms with Crippen LogP contribution in [0.5, 0.6) is 11.6 Å². The summed E-state index contributed by atoms with van der Waals surface area (Å²) in [6.07, 6.45) is -5.11. The van der Waals surface area contributed by atoms with Gasteiger partial charge in [-0.1, -0.05) is 0 Å². The first-order valence-corrected chi connectivity index (χ1v) is 5.02. The molecule has 0 saturated carbocycles. The number of H-pyrrole nitrogens is 1. The van der Waals surface area contributed by atoms with Crippen molar-refractivity contribution in [2.75, 3.05) is 13.7 Å². The number of hydrogen-bond acceptors (Lipinski definition) is 5. The van der Waals surface area contributed by atoms with Crippen molar-refractivity contribution in [3.05, 3.63) is 22.0 Å². The van der Waals surface area contributed by atoms with Gasteiger partial charge in [0.15, 0.2) is 11.6 Å². The molecule has 1 aromatic rings. The third-order valence-electron chi connectivity index (χ3n) is 1.88. The van der Waals surface area contributed by atoms with Gasteiger partial charge in [-0.3, -0.25) is 4.79 Å². The molecular formula is C10H10F3NO5. The highest BCUT2D eigenvalue weighted by Gasteiger charge is 2.35. The summed E-state index contributed by atoms with van der Waals surface area (Å²) in [4.78, 5) is 25.1. The summed E-state index contributed by atoms with van der Waals surface area (Å²) in [5.74, 6) is -2.54. The summed E-state index contributed by atoms with van der Waals surface area (Å²) in [5.41, 5.74) is -1.92. The lowest BCUT2D eigenvalue weighted by molar-refractivity contribution is -0.275. The Kier molecular flexibility index (Phi) is 4.41. The van der Waals surface area contributed by atoms with E-state index in [2.05, 4.69) is 19.2 Å². The maximum atomic E-state index is 12.2. The van der Waals surface area contributed by atoms with Crippen LogP contribution in [-0.2, 0) is 4.74 Å². The molecule has 0 aliphatic heterocycles. The van der Waals surface area contributed by atoms with Crippen LogP contribution in [0, 0.1) is 0 Å². The van der Waals surface area contributed by atoms with Crippen molar-refractivity contribution >= 4 is 5.97 Å². The molecule has 106 valence electrons. The molecule has 0 spiro atoms. The monoisotopic (exact) mass is 281 g/mol. The molecule has 0 radical (unpaired) electrons. The van der Waals surface area contributed by atoms with E-state index in [0.29, 0.717) is 0 Å². The van der Waals surface area contributed by atoms with Gasteiger partial charge in [0, 0.05) is 6.07 Å². The zero-order chi connectivity index (χ0) is 14.6. The van der Waals surface area contributed by atoms with E-state index in [9.17, 15) is 22.8 Å². The standard InChI is InChI=1S/C10H10F3NO5/c1-3-18-9(16)7-8(19-10(11,12)13)5(15)4-6(14-7)17-2/h4H,3H2,1-2H3,(H,14,15).